The summed E-state index contributed by atoms with van der Waals surface area (Å²) in [7, 11) is 0. The summed E-state index contributed by atoms with van der Waals surface area (Å²) in [5.74, 6) is 1.20. The van der Waals surface area contributed by atoms with Crippen LogP contribution in [-0.4, -0.2) is 10.1 Å². The van der Waals surface area contributed by atoms with Crippen molar-refractivity contribution in [2.24, 2.45) is 0 Å². The number of aromatic hydroxyl groups is 1. The molecule has 0 unspecified atom stereocenters. The van der Waals surface area contributed by atoms with Crippen molar-refractivity contribution in [3.63, 3.8) is 0 Å². The molecule has 1 N–H and O–H groups in total. The van der Waals surface area contributed by atoms with Gasteiger partial charge in [-0.1, -0.05) is 18.2 Å². The quantitative estimate of drug-likeness (QED) is 0.721. The van der Waals surface area contributed by atoms with Gasteiger partial charge in [-0.25, -0.2) is 0 Å². The van der Waals surface area contributed by atoms with E-state index >= 15 is 0 Å². The molecule has 0 bridgehead atoms. The smallest absolute Gasteiger partial charge is 0.116 e. The highest BCUT2D eigenvalue weighted by Crippen LogP contribution is 2.26. The Morgan fingerprint density at radius 1 is 1.00 bits per heavy atom. The van der Waals surface area contributed by atoms with Crippen molar-refractivity contribution in [2.45, 2.75) is 10.6 Å². The van der Waals surface area contributed by atoms with Crippen molar-refractivity contribution in [2.75, 3.05) is 0 Å². The molecule has 1 heterocycles. The molecule has 0 spiro atoms. The molecule has 94 valence electrons. The Balaban J connectivity index is 1.78. The van der Waals surface area contributed by atoms with Crippen molar-refractivity contribution < 1.29 is 5.11 Å². The summed E-state index contributed by atoms with van der Waals surface area (Å²) in [5, 5.41) is 10.6. The van der Waals surface area contributed by atoms with Gasteiger partial charge in [0.2, 0.25) is 0 Å². The van der Waals surface area contributed by atoms with Crippen molar-refractivity contribution >= 4 is 22.7 Å². The monoisotopic (exact) mass is 267 g/mol. The van der Waals surface area contributed by atoms with Gasteiger partial charge < -0.3 is 5.11 Å². The Kier molecular flexibility index (Phi) is 3.38. The molecule has 0 aliphatic carbocycles. The molecular weight excluding hydrogens is 254 g/mol. The molecule has 3 heteroatoms. The lowest BCUT2D eigenvalue weighted by Gasteiger charge is -2.04. The van der Waals surface area contributed by atoms with E-state index in [-0.39, 0.29) is 0 Å². The molecule has 3 rings (SSSR count). The van der Waals surface area contributed by atoms with Crippen LogP contribution in [0.15, 0.2) is 65.7 Å². The van der Waals surface area contributed by atoms with Crippen LogP contribution in [-0.2, 0) is 5.75 Å². The Bertz CT molecular complexity index is 712. The second-order valence-corrected chi connectivity index (χ2v) is 5.37. The van der Waals surface area contributed by atoms with Gasteiger partial charge in [0.1, 0.15) is 5.75 Å². The first kappa shape index (κ1) is 12.1. The highest BCUT2D eigenvalue weighted by molar-refractivity contribution is 7.98. The van der Waals surface area contributed by atoms with Crippen LogP contribution in [0, 0.1) is 0 Å². The molecule has 2 aromatic carbocycles. The highest BCUT2D eigenvalue weighted by atomic mass is 32.2. The number of phenols is 1. The van der Waals surface area contributed by atoms with Crippen molar-refractivity contribution in [3.8, 4) is 5.75 Å². The number of phenolic OH excluding ortho intramolecular Hbond substituents is 1. The van der Waals surface area contributed by atoms with E-state index in [0.717, 1.165) is 21.6 Å². The first-order chi connectivity index (χ1) is 9.31. The van der Waals surface area contributed by atoms with E-state index in [1.165, 1.54) is 5.56 Å². The first-order valence-corrected chi connectivity index (χ1v) is 7.05. The summed E-state index contributed by atoms with van der Waals surface area (Å²) in [4.78, 5) is 5.39. The van der Waals surface area contributed by atoms with Crippen LogP contribution in [0.1, 0.15) is 5.56 Å². The average molecular weight is 267 g/mol. The van der Waals surface area contributed by atoms with E-state index in [2.05, 4.69) is 23.2 Å². The number of nitrogens with zero attached hydrogens (tertiary/aromatic N) is 1. The number of thioether (sulfide) groups is 1. The van der Waals surface area contributed by atoms with Crippen LogP contribution in [0.4, 0.5) is 0 Å². The average Bonchev–Trinajstić information content (AvgIpc) is 2.45. The predicted octanol–water partition coefficient (Wildman–Crippen LogP) is 4.23. The minimum atomic E-state index is 0.313. The van der Waals surface area contributed by atoms with Crippen LogP contribution < -0.4 is 0 Å². The second kappa shape index (κ2) is 5.33. The summed E-state index contributed by atoms with van der Waals surface area (Å²) in [5.41, 5.74) is 2.28. The molecule has 0 aliphatic rings. The lowest BCUT2D eigenvalue weighted by Crippen LogP contribution is -1.83. The largest absolute Gasteiger partial charge is 0.508 e. The third-order valence-corrected chi connectivity index (χ3v) is 3.96. The maximum Gasteiger partial charge on any atom is 0.116 e. The Hall–Kier alpha value is -2.00. The maximum absolute atomic E-state index is 9.43. The van der Waals surface area contributed by atoms with Gasteiger partial charge in [-0.05, 0) is 42.0 Å². The van der Waals surface area contributed by atoms with Gasteiger partial charge in [0.05, 0.1) is 5.52 Å². The molecule has 0 saturated heterocycles. The lowest BCUT2D eigenvalue weighted by molar-refractivity contribution is 0.474. The van der Waals surface area contributed by atoms with E-state index in [1.807, 2.05) is 30.5 Å². The minimum absolute atomic E-state index is 0.313. The van der Waals surface area contributed by atoms with Crippen LogP contribution in [0.25, 0.3) is 10.9 Å². The molecule has 3 aromatic rings. The van der Waals surface area contributed by atoms with Crippen LogP contribution in [0.2, 0.25) is 0 Å². The van der Waals surface area contributed by atoms with Crippen LogP contribution >= 0.6 is 11.8 Å². The summed E-state index contributed by atoms with van der Waals surface area (Å²) in [6.45, 7) is 0. The topological polar surface area (TPSA) is 33.1 Å². The zero-order valence-corrected chi connectivity index (χ0v) is 11.1. The van der Waals surface area contributed by atoms with Crippen LogP contribution in [0.3, 0.4) is 0 Å². The fourth-order valence-corrected chi connectivity index (χ4v) is 2.85. The van der Waals surface area contributed by atoms with E-state index in [4.69, 9.17) is 0 Å². The van der Waals surface area contributed by atoms with E-state index in [1.54, 1.807) is 23.9 Å². The lowest BCUT2D eigenvalue weighted by atomic mass is 10.1. The first-order valence-electron chi connectivity index (χ1n) is 6.07. The summed E-state index contributed by atoms with van der Waals surface area (Å²) >= 11 is 1.72. The van der Waals surface area contributed by atoms with Gasteiger partial charge in [0.25, 0.3) is 0 Å². The number of hydrogen-bond acceptors (Lipinski definition) is 3. The molecule has 0 saturated carbocycles. The minimum Gasteiger partial charge on any atom is -0.508 e. The standard InChI is InChI=1S/C16H13NOS/c18-14-4-1-5-15(10-14)19-11-12-6-7-16-13(9-12)3-2-8-17-16/h1-10,18H,11H2. The molecule has 0 atom stereocenters. The van der Waals surface area contributed by atoms with Crippen molar-refractivity contribution in [3.05, 3.63) is 66.4 Å². The van der Waals surface area contributed by atoms with E-state index < -0.39 is 0 Å². The third kappa shape index (κ3) is 2.88. The Morgan fingerprint density at radius 3 is 2.84 bits per heavy atom. The number of rotatable bonds is 3. The van der Waals surface area contributed by atoms with E-state index in [0.29, 0.717) is 5.75 Å². The number of fused-ring (bicyclic) bond motifs is 1. The number of hydrogen-bond donors (Lipinski definition) is 1. The number of aromatic nitrogens is 1. The third-order valence-electron chi connectivity index (χ3n) is 2.89. The van der Waals surface area contributed by atoms with Crippen LogP contribution in [0.5, 0.6) is 5.75 Å². The fraction of sp³-hybridized carbons (Fsp3) is 0.0625. The molecule has 0 radical (unpaired) electrons. The molecule has 2 nitrogen and oxygen atoms in total. The number of pyridine rings is 1. The molecule has 19 heavy (non-hydrogen) atoms. The zero-order valence-electron chi connectivity index (χ0n) is 10.3. The van der Waals surface area contributed by atoms with Gasteiger partial charge in [-0.3, -0.25) is 4.98 Å². The molecule has 0 aliphatic heterocycles. The fourth-order valence-electron chi connectivity index (χ4n) is 1.95. The SMILES string of the molecule is Oc1cccc(SCc2ccc3ncccc3c2)c1. The van der Waals surface area contributed by atoms with Gasteiger partial charge in [-0.2, -0.15) is 0 Å². The molecule has 1 aromatic heterocycles. The Labute approximate surface area is 116 Å². The number of benzene rings is 2. The summed E-state index contributed by atoms with van der Waals surface area (Å²) < 4.78 is 0. The predicted molar refractivity (Wildman–Crippen MR) is 79.4 cm³/mol. The Morgan fingerprint density at radius 2 is 1.95 bits per heavy atom. The molecular formula is C16H13NOS. The van der Waals surface area contributed by atoms with Gasteiger partial charge in [-0.15, -0.1) is 11.8 Å². The second-order valence-electron chi connectivity index (χ2n) is 4.32. The normalized spacial score (nSPS) is 10.7. The maximum atomic E-state index is 9.43. The highest BCUT2D eigenvalue weighted by Gasteiger charge is 2.00. The van der Waals surface area contributed by atoms with Crippen molar-refractivity contribution in [1.29, 1.82) is 0 Å². The molecule has 0 amide bonds. The summed E-state index contributed by atoms with van der Waals surface area (Å²) in [6, 6.07) is 17.7. The summed E-state index contributed by atoms with van der Waals surface area (Å²) in [6.07, 6.45) is 1.81. The van der Waals surface area contributed by atoms with E-state index in [9.17, 15) is 5.11 Å². The van der Waals surface area contributed by atoms with Gasteiger partial charge in [0, 0.05) is 22.2 Å². The van der Waals surface area contributed by atoms with Crippen molar-refractivity contribution in [1.82, 2.24) is 4.98 Å². The van der Waals surface area contributed by atoms with Gasteiger partial charge >= 0.3 is 0 Å². The van der Waals surface area contributed by atoms with Gasteiger partial charge in [0.15, 0.2) is 0 Å². The molecule has 0 fully saturated rings. The zero-order chi connectivity index (χ0) is 13.1.